The van der Waals surface area contributed by atoms with Crippen LogP contribution in [0.2, 0.25) is 0 Å². The van der Waals surface area contributed by atoms with Crippen molar-refractivity contribution in [2.45, 2.75) is 37.0 Å². The Hall–Kier alpha value is -2.35. The predicted octanol–water partition coefficient (Wildman–Crippen LogP) is 1.53. The number of carbonyl (C=O) groups is 1. The molecule has 1 aromatic carbocycles. The second kappa shape index (κ2) is 7.77. The molecule has 0 saturated heterocycles. The molecule has 23 heavy (non-hydrogen) atoms. The first kappa shape index (κ1) is 17.0. The van der Waals surface area contributed by atoms with Gasteiger partial charge in [-0.05, 0) is 24.5 Å². The van der Waals surface area contributed by atoms with Gasteiger partial charge in [0.05, 0.1) is 5.25 Å². The molecule has 0 bridgehead atoms. The van der Waals surface area contributed by atoms with Crippen molar-refractivity contribution in [2.75, 3.05) is 5.32 Å². The Morgan fingerprint density at radius 2 is 2.04 bits per heavy atom. The number of hydrogen-bond donors (Lipinski definition) is 3. The van der Waals surface area contributed by atoms with Crippen LogP contribution in [-0.2, 0) is 11.2 Å². The predicted molar refractivity (Wildman–Crippen MR) is 89.9 cm³/mol. The van der Waals surface area contributed by atoms with Crippen molar-refractivity contribution in [3.63, 3.8) is 0 Å². The van der Waals surface area contributed by atoms with Gasteiger partial charge in [-0.2, -0.15) is 5.10 Å². The SMILES string of the molecule is CCc1ccccc1NC(=O)C(CC)Sc1n[nH]c(=O)[nH]c1=O. The molecule has 1 aromatic heterocycles. The Kier molecular flexibility index (Phi) is 5.75. The van der Waals surface area contributed by atoms with E-state index in [9.17, 15) is 14.4 Å². The first-order chi connectivity index (χ1) is 11.0. The Morgan fingerprint density at radius 3 is 2.70 bits per heavy atom. The van der Waals surface area contributed by atoms with E-state index in [2.05, 4.69) is 20.5 Å². The van der Waals surface area contributed by atoms with Crippen molar-refractivity contribution in [1.29, 1.82) is 0 Å². The minimum Gasteiger partial charge on any atom is -0.325 e. The number of rotatable bonds is 6. The molecular formula is C15H18N4O3S. The first-order valence-corrected chi connectivity index (χ1v) is 8.17. The molecule has 2 aromatic rings. The lowest BCUT2D eigenvalue weighted by molar-refractivity contribution is -0.115. The number of amides is 1. The average Bonchev–Trinajstić information content (AvgIpc) is 2.54. The fourth-order valence-electron chi connectivity index (χ4n) is 2.04. The Labute approximate surface area is 136 Å². The second-order valence-corrected chi connectivity index (χ2v) is 6.02. The highest BCUT2D eigenvalue weighted by molar-refractivity contribution is 8.00. The molecule has 0 saturated carbocycles. The maximum absolute atomic E-state index is 12.5. The third-order valence-electron chi connectivity index (χ3n) is 3.25. The molecular weight excluding hydrogens is 316 g/mol. The highest BCUT2D eigenvalue weighted by Crippen LogP contribution is 2.23. The van der Waals surface area contributed by atoms with E-state index in [-0.39, 0.29) is 10.9 Å². The fraction of sp³-hybridized carbons (Fsp3) is 0.333. The van der Waals surface area contributed by atoms with Gasteiger partial charge in [0, 0.05) is 5.69 Å². The number of anilines is 1. The number of benzene rings is 1. The van der Waals surface area contributed by atoms with E-state index < -0.39 is 16.5 Å². The Balaban J connectivity index is 2.15. The number of aromatic nitrogens is 3. The van der Waals surface area contributed by atoms with Crippen LogP contribution >= 0.6 is 11.8 Å². The summed E-state index contributed by atoms with van der Waals surface area (Å²) in [4.78, 5) is 37.2. The summed E-state index contributed by atoms with van der Waals surface area (Å²) in [7, 11) is 0. The van der Waals surface area contributed by atoms with Gasteiger partial charge in [0.1, 0.15) is 0 Å². The van der Waals surface area contributed by atoms with Crippen LogP contribution in [0.1, 0.15) is 25.8 Å². The van der Waals surface area contributed by atoms with Crippen molar-refractivity contribution < 1.29 is 4.79 Å². The number of para-hydroxylation sites is 1. The van der Waals surface area contributed by atoms with Crippen LogP contribution < -0.4 is 16.6 Å². The molecule has 8 heteroatoms. The zero-order valence-corrected chi connectivity index (χ0v) is 13.7. The minimum absolute atomic E-state index is 0.0652. The van der Waals surface area contributed by atoms with Gasteiger partial charge in [0.15, 0.2) is 5.03 Å². The zero-order valence-electron chi connectivity index (χ0n) is 12.9. The molecule has 1 heterocycles. The molecule has 7 nitrogen and oxygen atoms in total. The maximum Gasteiger partial charge on any atom is 0.342 e. The number of aromatic amines is 2. The van der Waals surface area contributed by atoms with Gasteiger partial charge >= 0.3 is 5.69 Å². The lowest BCUT2D eigenvalue weighted by Gasteiger charge is -2.15. The number of nitrogens with one attached hydrogen (secondary N) is 3. The van der Waals surface area contributed by atoms with Gasteiger partial charge in [0.2, 0.25) is 5.91 Å². The summed E-state index contributed by atoms with van der Waals surface area (Å²) in [5.74, 6) is -0.203. The van der Waals surface area contributed by atoms with Crippen LogP contribution in [0.3, 0.4) is 0 Å². The molecule has 0 radical (unpaired) electrons. The molecule has 0 fully saturated rings. The third kappa shape index (κ3) is 4.32. The monoisotopic (exact) mass is 334 g/mol. The molecule has 0 aliphatic heterocycles. The Morgan fingerprint density at radius 1 is 1.30 bits per heavy atom. The van der Waals surface area contributed by atoms with E-state index in [1.165, 1.54) is 0 Å². The number of thioether (sulfide) groups is 1. The molecule has 0 aliphatic rings. The van der Waals surface area contributed by atoms with Gasteiger partial charge in [-0.1, -0.05) is 43.8 Å². The van der Waals surface area contributed by atoms with Crippen LogP contribution in [0.4, 0.5) is 5.69 Å². The van der Waals surface area contributed by atoms with Crippen LogP contribution in [-0.4, -0.2) is 26.3 Å². The summed E-state index contributed by atoms with van der Waals surface area (Å²) in [6.07, 6.45) is 1.33. The number of hydrogen-bond acceptors (Lipinski definition) is 5. The number of nitrogens with zero attached hydrogens (tertiary/aromatic N) is 1. The molecule has 1 unspecified atom stereocenters. The van der Waals surface area contributed by atoms with Gasteiger partial charge < -0.3 is 5.32 Å². The van der Waals surface area contributed by atoms with E-state index in [1.54, 1.807) is 0 Å². The highest BCUT2D eigenvalue weighted by atomic mass is 32.2. The average molecular weight is 334 g/mol. The lowest BCUT2D eigenvalue weighted by Crippen LogP contribution is -2.29. The molecule has 1 amide bonds. The molecule has 1 atom stereocenters. The fourth-order valence-corrected chi connectivity index (χ4v) is 2.90. The van der Waals surface area contributed by atoms with Crippen LogP contribution in [0.15, 0.2) is 38.9 Å². The number of carbonyl (C=O) groups excluding carboxylic acids is 1. The van der Waals surface area contributed by atoms with Crippen molar-refractivity contribution in [1.82, 2.24) is 15.2 Å². The second-order valence-electron chi connectivity index (χ2n) is 4.83. The normalized spacial score (nSPS) is 11.9. The third-order valence-corrected chi connectivity index (χ3v) is 4.59. The van der Waals surface area contributed by atoms with E-state index in [0.717, 1.165) is 29.4 Å². The molecule has 3 N–H and O–H groups in total. The van der Waals surface area contributed by atoms with Gasteiger partial charge in [-0.15, -0.1) is 0 Å². The van der Waals surface area contributed by atoms with Crippen molar-refractivity contribution in [3.8, 4) is 0 Å². The van der Waals surface area contributed by atoms with Crippen molar-refractivity contribution in [2.24, 2.45) is 0 Å². The van der Waals surface area contributed by atoms with Crippen LogP contribution in [0.25, 0.3) is 0 Å². The van der Waals surface area contributed by atoms with Gasteiger partial charge in [-0.3, -0.25) is 14.6 Å². The summed E-state index contributed by atoms with van der Waals surface area (Å²) in [6, 6.07) is 7.58. The Bertz CT molecular complexity index is 800. The molecule has 2 rings (SSSR count). The summed E-state index contributed by atoms with van der Waals surface area (Å²) in [5, 5.41) is 8.32. The standard InChI is InChI=1S/C15H18N4O3S/c1-3-9-7-5-6-8-10(9)16-12(20)11(4-2)23-14-13(21)17-15(22)19-18-14/h5-8,11H,3-4H2,1-2H3,(H,16,20)(H2,17,19,21,22). The maximum atomic E-state index is 12.5. The van der Waals surface area contributed by atoms with E-state index in [1.807, 2.05) is 38.1 Å². The van der Waals surface area contributed by atoms with Crippen LogP contribution in [0, 0.1) is 0 Å². The van der Waals surface area contributed by atoms with Crippen LogP contribution in [0.5, 0.6) is 0 Å². The summed E-state index contributed by atoms with van der Waals surface area (Å²) in [6.45, 7) is 3.86. The molecule has 0 aliphatic carbocycles. The highest BCUT2D eigenvalue weighted by Gasteiger charge is 2.21. The van der Waals surface area contributed by atoms with Gasteiger partial charge in [0.25, 0.3) is 5.56 Å². The molecule has 122 valence electrons. The topological polar surface area (TPSA) is 108 Å². The largest absolute Gasteiger partial charge is 0.342 e. The lowest BCUT2D eigenvalue weighted by atomic mass is 10.1. The van der Waals surface area contributed by atoms with E-state index in [0.29, 0.717) is 6.42 Å². The first-order valence-electron chi connectivity index (χ1n) is 7.29. The van der Waals surface area contributed by atoms with Crippen molar-refractivity contribution >= 4 is 23.4 Å². The van der Waals surface area contributed by atoms with Crippen molar-refractivity contribution in [3.05, 3.63) is 50.7 Å². The minimum atomic E-state index is -0.672. The summed E-state index contributed by atoms with van der Waals surface area (Å²) >= 11 is 1.03. The number of aryl methyl sites for hydroxylation is 1. The zero-order chi connectivity index (χ0) is 16.8. The van der Waals surface area contributed by atoms with Gasteiger partial charge in [-0.25, -0.2) is 9.89 Å². The molecule has 0 spiro atoms. The summed E-state index contributed by atoms with van der Waals surface area (Å²) in [5.41, 5.74) is 0.538. The summed E-state index contributed by atoms with van der Waals surface area (Å²) < 4.78 is 0. The number of H-pyrrole nitrogens is 2. The van der Waals surface area contributed by atoms with E-state index >= 15 is 0 Å². The van der Waals surface area contributed by atoms with E-state index in [4.69, 9.17) is 0 Å². The quantitative estimate of drug-likeness (QED) is 0.694. The smallest absolute Gasteiger partial charge is 0.325 e.